The number of hydrogen-bond acceptors (Lipinski definition) is 8. The summed E-state index contributed by atoms with van der Waals surface area (Å²) in [5, 5.41) is 43.6. The standard InChI is InChI=1S/C21H23N3O6/c1-3-5-16-20(9-8-15(13(2)25)21(16)27)30-12-14(26)11-23-18-6-4-7-19(24(28)29)17(18)10-22/h4,6-9,14,23,26-27H,3,5,11-12H2,1-2H3. The van der Waals surface area contributed by atoms with Crippen molar-refractivity contribution in [3.8, 4) is 17.6 Å². The van der Waals surface area contributed by atoms with Gasteiger partial charge in [-0.1, -0.05) is 19.4 Å². The third kappa shape index (κ3) is 5.24. The summed E-state index contributed by atoms with van der Waals surface area (Å²) in [5.74, 6) is -0.0120. The van der Waals surface area contributed by atoms with Gasteiger partial charge in [0.15, 0.2) is 11.3 Å². The van der Waals surface area contributed by atoms with Gasteiger partial charge in [-0.15, -0.1) is 0 Å². The van der Waals surface area contributed by atoms with E-state index < -0.39 is 11.0 Å². The fraction of sp³-hybridized carbons (Fsp3) is 0.333. The monoisotopic (exact) mass is 413 g/mol. The summed E-state index contributed by atoms with van der Waals surface area (Å²) in [4.78, 5) is 22.0. The van der Waals surface area contributed by atoms with Crippen molar-refractivity contribution in [2.75, 3.05) is 18.5 Å². The van der Waals surface area contributed by atoms with Crippen molar-refractivity contribution in [2.45, 2.75) is 32.8 Å². The molecule has 0 saturated carbocycles. The average molecular weight is 413 g/mol. The van der Waals surface area contributed by atoms with Gasteiger partial charge in [-0.25, -0.2) is 0 Å². The second kappa shape index (κ2) is 10.2. The molecule has 1 atom stereocenters. The maximum atomic E-state index is 11.6. The number of anilines is 1. The molecule has 0 saturated heterocycles. The van der Waals surface area contributed by atoms with Crippen LogP contribution in [0.4, 0.5) is 11.4 Å². The third-order valence-electron chi connectivity index (χ3n) is 4.43. The highest BCUT2D eigenvalue weighted by Crippen LogP contribution is 2.33. The number of aliphatic hydroxyl groups excluding tert-OH is 1. The van der Waals surface area contributed by atoms with Crippen LogP contribution in [0.15, 0.2) is 30.3 Å². The summed E-state index contributed by atoms with van der Waals surface area (Å²) in [6.07, 6.45) is 0.217. The van der Waals surface area contributed by atoms with Crippen LogP contribution in [0.1, 0.15) is 41.8 Å². The molecule has 0 fully saturated rings. The second-order valence-corrected chi connectivity index (χ2v) is 6.66. The highest BCUT2D eigenvalue weighted by molar-refractivity contribution is 5.97. The zero-order valence-electron chi connectivity index (χ0n) is 16.7. The predicted molar refractivity (Wildman–Crippen MR) is 110 cm³/mol. The minimum atomic E-state index is -1.00. The van der Waals surface area contributed by atoms with Gasteiger partial charge in [0, 0.05) is 18.2 Å². The number of nitriles is 1. The summed E-state index contributed by atoms with van der Waals surface area (Å²) in [7, 11) is 0. The van der Waals surface area contributed by atoms with E-state index in [2.05, 4.69) is 5.32 Å². The van der Waals surface area contributed by atoms with E-state index in [0.717, 1.165) is 6.42 Å². The molecule has 2 aromatic rings. The number of phenols is 1. The number of nitrogens with one attached hydrogen (secondary N) is 1. The molecular weight excluding hydrogens is 390 g/mol. The summed E-state index contributed by atoms with van der Waals surface area (Å²) in [5.41, 5.74) is 0.503. The van der Waals surface area contributed by atoms with Crippen LogP contribution in [0.3, 0.4) is 0 Å². The van der Waals surface area contributed by atoms with Crippen molar-refractivity contribution in [3.05, 3.63) is 57.1 Å². The molecule has 0 heterocycles. The molecule has 0 aliphatic heterocycles. The Morgan fingerprint density at radius 1 is 1.37 bits per heavy atom. The van der Waals surface area contributed by atoms with Crippen molar-refractivity contribution in [3.63, 3.8) is 0 Å². The third-order valence-corrected chi connectivity index (χ3v) is 4.43. The topological polar surface area (TPSA) is 146 Å². The van der Waals surface area contributed by atoms with Crippen LogP contribution >= 0.6 is 0 Å². The smallest absolute Gasteiger partial charge is 0.289 e. The summed E-state index contributed by atoms with van der Waals surface area (Å²) in [6.45, 7) is 3.15. The zero-order chi connectivity index (χ0) is 22.3. The molecule has 0 radical (unpaired) electrons. The molecule has 2 aromatic carbocycles. The van der Waals surface area contributed by atoms with Crippen LogP contribution in [-0.2, 0) is 6.42 Å². The molecule has 1 unspecified atom stereocenters. The Morgan fingerprint density at radius 3 is 2.70 bits per heavy atom. The quantitative estimate of drug-likeness (QED) is 0.306. The number of rotatable bonds is 10. The van der Waals surface area contributed by atoms with Gasteiger partial charge in [-0.2, -0.15) is 5.26 Å². The zero-order valence-corrected chi connectivity index (χ0v) is 16.7. The lowest BCUT2D eigenvalue weighted by Crippen LogP contribution is -2.27. The van der Waals surface area contributed by atoms with Crippen molar-refractivity contribution in [2.24, 2.45) is 0 Å². The van der Waals surface area contributed by atoms with Gasteiger partial charge in [0.1, 0.15) is 30.3 Å². The maximum absolute atomic E-state index is 11.6. The fourth-order valence-corrected chi connectivity index (χ4v) is 2.96. The van der Waals surface area contributed by atoms with E-state index in [9.17, 15) is 30.4 Å². The first kappa shape index (κ1) is 22.6. The van der Waals surface area contributed by atoms with Gasteiger partial charge in [0.05, 0.1) is 16.2 Å². The van der Waals surface area contributed by atoms with Crippen molar-refractivity contribution in [1.29, 1.82) is 5.26 Å². The van der Waals surface area contributed by atoms with E-state index in [-0.39, 0.29) is 47.2 Å². The van der Waals surface area contributed by atoms with E-state index in [0.29, 0.717) is 17.7 Å². The number of nitro groups is 1. The fourth-order valence-electron chi connectivity index (χ4n) is 2.96. The van der Waals surface area contributed by atoms with E-state index in [1.54, 1.807) is 12.1 Å². The number of hydrogen-bond donors (Lipinski definition) is 3. The molecule has 9 heteroatoms. The van der Waals surface area contributed by atoms with Crippen LogP contribution < -0.4 is 10.1 Å². The van der Waals surface area contributed by atoms with E-state index >= 15 is 0 Å². The Balaban J connectivity index is 2.07. The van der Waals surface area contributed by atoms with Crippen LogP contribution in [0.2, 0.25) is 0 Å². The number of benzene rings is 2. The minimum absolute atomic E-state index is 0.0174. The van der Waals surface area contributed by atoms with Crippen LogP contribution in [0.5, 0.6) is 11.5 Å². The molecule has 30 heavy (non-hydrogen) atoms. The van der Waals surface area contributed by atoms with E-state index in [1.165, 1.54) is 31.2 Å². The molecular formula is C21H23N3O6. The molecule has 0 amide bonds. The van der Waals surface area contributed by atoms with Crippen molar-refractivity contribution >= 4 is 17.2 Å². The van der Waals surface area contributed by atoms with Gasteiger partial charge in [0.2, 0.25) is 0 Å². The van der Waals surface area contributed by atoms with Gasteiger partial charge in [0.25, 0.3) is 5.69 Å². The second-order valence-electron chi connectivity index (χ2n) is 6.66. The van der Waals surface area contributed by atoms with Crippen molar-refractivity contribution < 1.29 is 24.7 Å². The lowest BCUT2D eigenvalue weighted by atomic mass is 10.0. The highest BCUT2D eigenvalue weighted by Gasteiger charge is 2.19. The first-order chi connectivity index (χ1) is 14.3. The van der Waals surface area contributed by atoms with Gasteiger partial charge >= 0.3 is 0 Å². The number of ketones is 1. The molecule has 0 bridgehead atoms. The lowest BCUT2D eigenvalue weighted by molar-refractivity contribution is -0.385. The number of carbonyl (C=O) groups excluding carboxylic acids is 1. The van der Waals surface area contributed by atoms with Gasteiger partial charge < -0.3 is 20.3 Å². The molecule has 0 aromatic heterocycles. The van der Waals surface area contributed by atoms with Crippen LogP contribution in [-0.4, -0.2) is 40.2 Å². The van der Waals surface area contributed by atoms with Crippen LogP contribution in [0, 0.1) is 21.4 Å². The Kier molecular flexibility index (Phi) is 7.72. The Bertz CT molecular complexity index is 983. The first-order valence-corrected chi connectivity index (χ1v) is 9.38. The van der Waals surface area contributed by atoms with Crippen LogP contribution in [0.25, 0.3) is 0 Å². The lowest BCUT2D eigenvalue weighted by Gasteiger charge is -2.18. The summed E-state index contributed by atoms with van der Waals surface area (Å²) < 4.78 is 5.64. The number of Topliss-reactive ketones (excluding diaryl/α,β-unsaturated/α-hetero) is 1. The number of phenolic OH excluding ortho intramolecular Hbond substituents is 1. The number of nitro benzene ring substituents is 1. The normalized spacial score (nSPS) is 11.4. The molecule has 0 spiro atoms. The molecule has 0 aliphatic rings. The number of nitrogens with zero attached hydrogens (tertiary/aromatic N) is 2. The summed E-state index contributed by atoms with van der Waals surface area (Å²) >= 11 is 0. The minimum Gasteiger partial charge on any atom is -0.507 e. The molecule has 9 nitrogen and oxygen atoms in total. The summed E-state index contributed by atoms with van der Waals surface area (Å²) in [6, 6.07) is 9.04. The average Bonchev–Trinajstić information content (AvgIpc) is 2.71. The van der Waals surface area contributed by atoms with Gasteiger partial charge in [-0.05, 0) is 31.5 Å². The predicted octanol–water partition coefficient (Wildman–Crippen LogP) is 3.18. The maximum Gasteiger partial charge on any atom is 0.289 e. The molecule has 0 aliphatic carbocycles. The highest BCUT2D eigenvalue weighted by atomic mass is 16.6. The van der Waals surface area contributed by atoms with E-state index in [1.807, 2.05) is 6.92 Å². The van der Waals surface area contributed by atoms with Crippen molar-refractivity contribution in [1.82, 2.24) is 0 Å². The largest absolute Gasteiger partial charge is 0.507 e. The number of ether oxygens (including phenoxy) is 1. The Hall–Kier alpha value is -3.64. The van der Waals surface area contributed by atoms with Gasteiger partial charge in [-0.3, -0.25) is 14.9 Å². The first-order valence-electron chi connectivity index (χ1n) is 9.38. The molecule has 2 rings (SSSR count). The Morgan fingerprint density at radius 2 is 2.10 bits per heavy atom. The number of aromatic hydroxyl groups is 1. The Labute approximate surface area is 173 Å². The SMILES string of the molecule is CCCc1c(OCC(O)CNc2cccc([N+](=O)[O-])c2C#N)ccc(C(C)=O)c1O. The number of carbonyl (C=O) groups is 1. The van der Waals surface area contributed by atoms with E-state index in [4.69, 9.17) is 4.74 Å². The molecule has 3 N–H and O–H groups in total. The molecule has 158 valence electrons. The number of aliphatic hydroxyl groups is 1.